The van der Waals surface area contributed by atoms with Crippen LogP contribution in [0.25, 0.3) is 11.0 Å². The first-order valence-corrected chi connectivity index (χ1v) is 6.62. The van der Waals surface area contributed by atoms with Crippen LogP contribution in [0.1, 0.15) is 12.0 Å². The molecule has 3 heterocycles. The number of aromatic amines is 1. The molecule has 1 amide bonds. The Kier molecular flexibility index (Phi) is 2.99. The highest BCUT2D eigenvalue weighted by molar-refractivity contribution is 7.81. The second kappa shape index (κ2) is 4.65. The smallest absolute Gasteiger partial charge is 0.223 e. The molecule has 1 saturated heterocycles. The third-order valence-corrected chi connectivity index (χ3v) is 3.67. The molecule has 1 fully saturated rings. The zero-order chi connectivity index (χ0) is 12.5. The fourth-order valence-corrected chi connectivity index (χ4v) is 2.71. The number of pyridine rings is 1. The van der Waals surface area contributed by atoms with Crippen LogP contribution in [-0.4, -0.2) is 39.1 Å². The van der Waals surface area contributed by atoms with E-state index in [4.69, 9.17) is 0 Å². The van der Waals surface area contributed by atoms with Crippen LogP contribution in [0.3, 0.4) is 0 Å². The van der Waals surface area contributed by atoms with Crippen LogP contribution >= 0.6 is 12.6 Å². The lowest BCUT2D eigenvalue weighted by atomic mass is 10.2. The summed E-state index contributed by atoms with van der Waals surface area (Å²) in [6.45, 7) is 1.52. The van der Waals surface area contributed by atoms with E-state index < -0.39 is 0 Å². The van der Waals surface area contributed by atoms with Gasteiger partial charge in [0, 0.05) is 42.5 Å². The van der Waals surface area contributed by atoms with Gasteiger partial charge in [0.2, 0.25) is 5.91 Å². The number of carbonyl (C=O) groups excluding carboxylic acids is 1. The maximum Gasteiger partial charge on any atom is 0.223 e. The van der Waals surface area contributed by atoms with Crippen LogP contribution in [0.2, 0.25) is 0 Å². The molecule has 1 atom stereocenters. The average molecular weight is 261 g/mol. The molecule has 1 aliphatic rings. The minimum absolute atomic E-state index is 0.197. The monoisotopic (exact) mass is 261 g/mol. The first-order chi connectivity index (χ1) is 8.72. The number of hydrogen-bond donors (Lipinski definition) is 2. The second-order valence-corrected chi connectivity index (χ2v) is 5.44. The molecule has 2 aromatic heterocycles. The number of carbonyl (C=O) groups is 1. The summed E-state index contributed by atoms with van der Waals surface area (Å²) in [5, 5.41) is 1.31. The van der Waals surface area contributed by atoms with Gasteiger partial charge in [-0.1, -0.05) is 0 Å². The van der Waals surface area contributed by atoms with Gasteiger partial charge in [-0.3, -0.25) is 4.79 Å². The van der Waals surface area contributed by atoms with Crippen LogP contribution < -0.4 is 0 Å². The first-order valence-electron chi connectivity index (χ1n) is 6.10. The predicted octanol–water partition coefficient (Wildman–Crippen LogP) is 1.64. The molecular formula is C13H15N3OS. The molecule has 3 rings (SSSR count). The van der Waals surface area contributed by atoms with Crippen LogP contribution in [0.5, 0.6) is 0 Å². The largest absolute Gasteiger partial charge is 0.346 e. The topological polar surface area (TPSA) is 49.0 Å². The van der Waals surface area contributed by atoms with Crippen LogP contribution in [0, 0.1) is 0 Å². The van der Waals surface area contributed by atoms with E-state index >= 15 is 0 Å². The van der Waals surface area contributed by atoms with Gasteiger partial charge in [0.1, 0.15) is 5.65 Å². The Morgan fingerprint density at radius 3 is 3.22 bits per heavy atom. The molecule has 0 spiro atoms. The van der Waals surface area contributed by atoms with Crippen molar-refractivity contribution in [2.45, 2.75) is 18.1 Å². The summed E-state index contributed by atoms with van der Waals surface area (Å²) in [4.78, 5) is 20.9. The number of amides is 1. The van der Waals surface area contributed by atoms with E-state index in [0.717, 1.165) is 36.1 Å². The lowest BCUT2D eigenvalue weighted by Gasteiger charge is -2.15. The number of fused-ring (bicyclic) bond motifs is 1. The molecule has 0 saturated carbocycles. The van der Waals surface area contributed by atoms with E-state index in [1.807, 2.05) is 23.4 Å². The van der Waals surface area contributed by atoms with Crippen molar-refractivity contribution >= 4 is 29.6 Å². The zero-order valence-corrected chi connectivity index (χ0v) is 10.9. The number of hydrogen-bond acceptors (Lipinski definition) is 3. The molecule has 94 valence electrons. The van der Waals surface area contributed by atoms with Gasteiger partial charge in [0.15, 0.2) is 0 Å². The van der Waals surface area contributed by atoms with Gasteiger partial charge < -0.3 is 9.88 Å². The van der Waals surface area contributed by atoms with Crippen molar-refractivity contribution in [3.63, 3.8) is 0 Å². The number of aromatic nitrogens is 2. The number of nitrogens with one attached hydrogen (secondary N) is 1. The molecule has 0 bridgehead atoms. The van der Waals surface area contributed by atoms with Gasteiger partial charge >= 0.3 is 0 Å². The maximum atomic E-state index is 11.6. The number of H-pyrrole nitrogens is 1. The van der Waals surface area contributed by atoms with E-state index in [-0.39, 0.29) is 11.2 Å². The quantitative estimate of drug-likeness (QED) is 0.825. The number of thiol groups is 1. The third-order valence-electron chi connectivity index (χ3n) is 3.32. The summed E-state index contributed by atoms with van der Waals surface area (Å²) in [6.07, 6.45) is 5.17. The van der Waals surface area contributed by atoms with Gasteiger partial charge in [-0.05, 0) is 24.1 Å². The molecule has 0 aromatic carbocycles. The van der Waals surface area contributed by atoms with Gasteiger partial charge in [-0.25, -0.2) is 4.98 Å². The molecular weight excluding hydrogens is 246 g/mol. The Morgan fingerprint density at radius 2 is 2.44 bits per heavy atom. The Hall–Kier alpha value is -1.49. The normalized spacial score (nSPS) is 19.9. The Bertz CT molecular complexity index is 580. The molecule has 2 aromatic rings. The minimum atomic E-state index is 0.197. The Labute approximate surface area is 111 Å². The molecule has 4 nitrogen and oxygen atoms in total. The van der Waals surface area contributed by atoms with Crippen molar-refractivity contribution in [1.82, 2.24) is 14.9 Å². The van der Waals surface area contributed by atoms with E-state index in [0.29, 0.717) is 6.42 Å². The first kappa shape index (κ1) is 11.6. The maximum absolute atomic E-state index is 11.6. The van der Waals surface area contributed by atoms with Gasteiger partial charge in [-0.2, -0.15) is 12.6 Å². The van der Waals surface area contributed by atoms with E-state index in [1.165, 1.54) is 0 Å². The molecule has 0 radical (unpaired) electrons. The molecule has 0 aliphatic carbocycles. The lowest BCUT2D eigenvalue weighted by Crippen LogP contribution is -2.27. The van der Waals surface area contributed by atoms with Gasteiger partial charge in [-0.15, -0.1) is 0 Å². The van der Waals surface area contributed by atoms with Gasteiger partial charge in [0.25, 0.3) is 0 Å². The summed E-state index contributed by atoms with van der Waals surface area (Å²) in [5.41, 5.74) is 2.07. The fourth-order valence-electron chi connectivity index (χ4n) is 2.35. The standard InChI is InChI=1S/C13H15N3OS/c17-12-6-11(18)8-16(12)4-2-9-5-10-1-3-14-13(10)15-7-9/h1,3,5,7,11,18H,2,4,6,8H2,(H,14,15). The van der Waals surface area contributed by atoms with Crippen molar-refractivity contribution in [1.29, 1.82) is 0 Å². The van der Waals surface area contributed by atoms with Crippen molar-refractivity contribution < 1.29 is 4.79 Å². The molecule has 1 N–H and O–H groups in total. The summed E-state index contributed by atoms with van der Waals surface area (Å²) in [7, 11) is 0. The summed E-state index contributed by atoms with van der Waals surface area (Å²) in [5.74, 6) is 0.214. The van der Waals surface area contributed by atoms with Crippen LogP contribution in [0.15, 0.2) is 24.5 Å². The Balaban J connectivity index is 1.67. The van der Waals surface area contributed by atoms with E-state index in [1.54, 1.807) is 0 Å². The average Bonchev–Trinajstić information content (AvgIpc) is 2.92. The molecule has 1 aliphatic heterocycles. The summed E-state index contributed by atoms with van der Waals surface area (Å²) in [6, 6.07) is 4.13. The number of likely N-dealkylation sites (tertiary alicyclic amines) is 1. The number of rotatable bonds is 3. The minimum Gasteiger partial charge on any atom is -0.346 e. The molecule has 18 heavy (non-hydrogen) atoms. The SMILES string of the molecule is O=C1CC(S)CN1CCc1cnc2[nH]ccc2c1. The van der Waals surface area contributed by atoms with Gasteiger partial charge in [0.05, 0.1) is 0 Å². The summed E-state index contributed by atoms with van der Waals surface area (Å²) < 4.78 is 0. The van der Waals surface area contributed by atoms with Crippen molar-refractivity contribution in [3.05, 3.63) is 30.1 Å². The predicted molar refractivity (Wildman–Crippen MR) is 73.8 cm³/mol. The highest BCUT2D eigenvalue weighted by atomic mass is 32.1. The lowest BCUT2D eigenvalue weighted by molar-refractivity contribution is -0.127. The van der Waals surface area contributed by atoms with E-state index in [2.05, 4.69) is 28.7 Å². The van der Waals surface area contributed by atoms with Crippen molar-refractivity contribution in [2.24, 2.45) is 0 Å². The van der Waals surface area contributed by atoms with Crippen LogP contribution in [-0.2, 0) is 11.2 Å². The number of nitrogens with zero attached hydrogens (tertiary/aromatic N) is 2. The molecule has 5 heteroatoms. The van der Waals surface area contributed by atoms with E-state index in [9.17, 15) is 4.79 Å². The highest BCUT2D eigenvalue weighted by Crippen LogP contribution is 2.17. The van der Waals surface area contributed by atoms with Crippen LogP contribution in [0.4, 0.5) is 0 Å². The molecule has 1 unspecified atom stereocenters. The third kappa shape index (κ3) is 2.22. The highest BCUT2D eigenvalue weighted by Gasteiger charge is 2.26. The van der Waals surface area contributed by atoms with Crippen molar-refractivity contribution in [2.75, 3.05) is 13.1 Å². The zero-order valence-electron chi connectivity index (χ0n) is 9.97. The second-order valence-electron chi connectivity index (χ2n) is 4.71. The Morgan fingerprint density at radius 1 is 1.56 bits per heavy atom. The fraction of sp³-hybridized carbons (Fsp3) is 0.385. The van der Waals surface area contributed by atoms with Crippen molar-refractivity contribution in [3.8, 4) is 0 Å². The summed E-state index contributed by atoms with van der Waals surface area (Å²) >= 11 is 4.35.